The first-order valence-electron chi connectivity index (χ1n) is 11.6. The van der Waals surface area contributed by atoms with Crippen molar-refractivity contribution in [3.05, 3.63) is 65.6 Å². The third-order valence-electron chi connectivity index (χ3n) is 6.24. The van der Waals surface area contributed by atoms with Gasteiger partial charge in [-0.15, -0.1) is 0 Å². The second-order valence-corrected chi connectivity index (χ2v) is 10.7. The highest BCUT2D eigenvalue weighted by molar-refractivity contribution is 7.91. The number of sulfone groups is 1. The number of hydrogen-bond acceptors (Lipinski definition) is 6. The minimum Gasteiger partial charge on any atom is -0.489 e. The lowest BCUT2D eigenvalue weighted by atomic mass is 10.0. The fourth-order valence-electron chi connectivity index (χ4n) is 4.72. The number of ether oxygens (including phenoxy) is 1. The number of carbonyl (C=O) groups excluding carboxylic acids is 1. The normalized spacial score (nSPS) is 19.0. The number of fused-ring (bicyclic) bond motifs is 1. The predicted molar refractivity (Wildman–Crippen MR) is 127 cm³/mol. The van der Waals surface area contributed by atoms with Crippen molar-refractivity contribution in [1.29, 1.82) is 0 Å². The topological polar surface area (TPSA) is 88.8 Å². The predicted octanol–water partition coefficient (Wildman–Crippen LogP) is 3.42. The van der Waals surface area contributed by atoms with E-state index in [1.165, 1.54) is 49.7 Å². The van der Waals surface area contributed by atoms with Gasteiger partial charge in [0.05, 0.1) is 6.26 Å². The maximum absolute atomic E-state index is 12.1. The number of hydrogen-bond donors (Lipinski definition) is 1. The Morgan fingerprint density at radius 3 is 2.79 bits per heavy atom. The maximum Gasteiger partial charge on any atom is 0.235 e. The van der Waals surface area contributed by atoms with Crippen molar-refractivity contribution in [1.82, 2.24) is 10.2 Å². The minimum absolute atomic E-state index is 0.252. The molecule has 0 saturated carbocycles. The highest BCUT2D eigenvalue weighted by Crippen LogP contribution is 2.41. The zero-order valence-electron chi connectivity index (χ0n) is 18.9. The average molecular weight is 473 g/mol. The first-order chi connectivity index (χ1) is 16.0. The van der Waals surface area contributed by atoms with Crippen molar-refractivity contribution >= 4 is 15.7 Å². The van der Waals surface area contributed by atoms with Gasteiger partial charge in [-0.3, -0.25) is 9.69 Å². The van der Waals surface area contributed by atoms with Crippen LogP contribution in [0.5, 0.6) is 5.75 Å². The van der Waals surface area contributed by atoms with Gasteiger partial charge in [0, 0.05) is 12.6 Å². The van der Waals surface area contributed by atoms with Crippen molar-refractivity contribution < 1.29 is 22.4 Å². The van der Waals surface area contributed by atoms with Crippen molar-refractivity contribution in [2.75, 3.05) is 32.0 Å². The van der Waals surface area contributed by atoms with Gasteiger partial charge in [-0.25, -0.2) is 8.42 Å². The Labute approximate surface area is 195 Å². The number of nitrogens with one attached hydrogen (secondary N) is 1. The molecule has 1 saturated heterocycles. The average Bonchev–Trinajstić information content (AvgIpc) is 3.46. The van der Waals surface area contributed by atoms with Gasteiger partial charge >= 0.3 is 0 Å². The molecule has 1 aromatic carbocycles. The molecule has 8 heteroatoms. The van der Waals surface area contributed by atoms with E-state index in [0.717, 1.165) is 18.6 Å². The molecule has 2 aliphatic rings. The Hall–Kier alpha value is -2.58. The number of benzene rings is 1. The highest BCUT2D eigenvalue weighted by atomic mass is 32.2. The number of amides is 1. The number of nitrogens with zero attached hydrogens (tertiary/aromatic N) is 1. The Balaban J connectivity index is 1.20. The summed E-state index contributed by atoms with van der Waals surface area (Å²) in [7, 11) is -3.56. The van der Waals surface area contributed by atoms with Crippen LogP contribution in [0.2, 0.25) is 0 Å². The molecule has 1 aliphatic heterocycles. The summed E-state index contributed by atoms with van der Waals surface area (Å²) in [5.74, 6) is -0.111. The van der Waals surface area contributed by atoms with Gasteiger partial charge in [-0.1, -0.05) is 24.6 Å². The molecule has 1 amide bonds. The van der Waals surface area contributed by atoms with Gasteiger partial charge in [-0.2, -0.15) is 0 Å². The second-order valence-electron chi connectivity index (χ2n) is 8.67. The van der Waals surface area contributed by atoms with Gasteiger partial charge < -0.3 is 14.5 Å². The van der Waals surface area contributed by atoms with E-state index in [9.17, 15) is 13.2 Å². The quantitative estimate of drug-likeness (QED) is 0.533. The first kappa shape index (κ1) is 23.6. The molecule has 1 aromatic heterocycles. The largest absolute Gasteiger partial charge is 0.489 e. The highest BCUT2D eigenvalue weighted by Gasteiger charge is 2.30. The zero-order chi connectivity index (χ0) is 23.1. The summed E-state index contributed by atoms with van der Waals surface area (Å²) in [6.07, 6.45) is 11.1. The zero-order valence-corrected chi connectivity index (χ0v) is 19.7. The Kier molecular flexibility index (Phi) is 7.88. The lowest BCUT2D eigenvalue weighted by molar-refractivity contribution is -0.118. The van der Waals surface area contributed by atoms with E-state index in [0.29, 0.717) is 18.4 Å². The molecule has 1 atom stereocenters. The molecule has 4 rings (SSSR count). The molecule has 1 unspecified atom stereocenters. The number of likely N-dealkylation sites (tertiary alicyclic amines) is 1. The molecule has 2 heterocycles. The van der Waals surface area contributed by atoms with E-state index in [-0.39, 0.29) is 12.3 Å². The molecule has 1 fully saturated rings. The summed E-state index contributed by atoms with van der Waals surface area (Å²) >= 11 is 0. The summed E-state index contributed by atoms with van der Waals surface area (Å²) in [5.41, 5.74) is 2.72. The smallest absolute Gasteiger partial charge is 0.235 e. The van der Waals surface area contributed by atoms with Gasteiger partial charge in [0.1, 0.15) is 29.6 Å². The molecule has 0 bridgehead atoms. The molecule has 0 spiro atoms. The molecule has 1 N–H and O–H groups in total. The van der Waals surface area contributed by atoms with E-state index in [2.05, 4.69) is 22.3 Å². The summed E-state index contributed by atoms with van der Waals surface area (Å²) < 4.78 is 35.2. The minimum atomic E-state index is -3.56. The van der Waals surface area contributed by atoms with Crippen LogP contribution in [0.1, 0.15) is 48.6 Å². The standard InChI is InChI=1S/C25H32N2O5S/c28-25(19-33(29,30)18-20-8-7-17-31-20)26-13-2-5-16-32-24-10-6-9-21-22(24)11-12-23(21)27-14-3-1-4-15-27/h2,5-10,17,23H,1,3-4,11-16,18-19H2,(H,26,28)/b5-2-. The van der Waals surface area contributed by atoms with Crippen LogP contribution >= 0.6 is 0 Å². The fraction of sp³-hybridized carbons (Fsp3) is 0.480. The van der Waals surface area contributed by atoms with Crippen LogP contribution in [0.3, 0.4) is 0 Å². The Bertz CT molecular complexity index is 1060. The van der Waals surface area contributed by atoms with Gasteiger partial charge in [0.15, 0.2) is 9.84 Å². The third kappa shape index (κ3) is 6.48. The summed E-state index contributed by atoms with van der Waals surface area (Å²) in [6.45, 7) is 3.03. The first-order valence-corrected chi connectivity index (χ1v) is 13.5. The number of rotatable bonds is 10. The molecule has 178 valence electrons. The monoisotopic (exact) mass is 472 g/mol. The van der Waals surface area contributed by atoms with Gasteiger partial charge in [-0.05, 0) is 74.2 Å². The van der Waals surface area contributed by atoms with Crippen LogP contribution in [0.25, 0.3) is 0 Å². The number of piperidine rings is 1. The van der Waals surface area contributed by atoms with Gasteiger partial charge in [0.2, 0.25) is 5.91 Å². The van der Waals surface area contributed by atoms with Crippen LogP contribution in [-0.4, -0.2) is 51.2 Å². The molecule has 2 aromatic rings. The van der Waals surface area contributed by atoms with Crippen molar-refractivity contribution in [2.45, 2.75) is 43.9 Å². The lowest BCUT2D eigenvalue weighted by Crippen LogP contribution is -2.32. The van der Waals surface area contributed by atoms with Crippen molar-refractivity contribution in [3.63, 3.8) is 0 Å². The lowest BCUT2D eigenvalue weighted by Gasteiger charge is -2.32. The van der Waals surface area contributed by atoms with Crippen molar-refractivity contribution in [3.8, 4) is 5.75 Å². The van der Waals surface area contributed by atoms with Crippen LogP contribution in [-0.2, 0) is 26.8 Å². The van der Waals surface area contributed by atoms with Crippen LogP contribution in [0.15, 0.2) is 53.2 Å². The number of furan rings is 1. The summed E-state index contributed by atoms with van der Waals surface area (Å²) in [5, 5.41) is 2.60. The van der Waals surface area contributed by atoms with Crippen LogP contribution in [0.4, 0.5) is 0 Å². The second kappa shape index (κ2) is 11.0. The Morgan fingerprint density at radius 2 is 2.00 bits per heavy atom. The summed E-state index contributed by atoms with van der Waals surface area (Å²) in [4.78, 5) is 14.6. The SMILES string of the molecule is O=C(CS(=O)(=O)Cc1ccco1)NC/C=C\COc1cccc2c1CCC2N1CCCCC1. The molecule has 33 heavy (non-hydrogen) atoms. The molecule has 7 nitrogen and oxygen atoms in total. The van der Waals surface area contributed by atoms with E-state index < -0.39 is 21.5 Å². The van der Waals surface area contributed by atoms with E-state index in [1.807, 2.05) is 12.1 Å². The van der Waals surface area contributed by atoms with Crippen LogP contribution < -0.4 is 10.1 Å². The summed E-state index contributed by atoms with van der Waals surface area (Å²) in [6, 6.07) is 10.0. The maximum atomic E-state index is 12.1. The van der Waals surface area contributed by atoms with Crippen molar-refractivity contribution in [2.24, 2.45) is 0 Å². The third-order valence-corrected chi connectivity index (χ3v) is 7.67. The number of carbonyl (C=O) groups is 1. The van der Waals surface area contributed by atoms with E-state index in [1.54, 1.807) is 18.2 Å². The van der Waals surface area contributed by atoms with Crippen LogP contribution in [0, 0.1) is 0 Å². The van der Waals surface area contributed by atoms with E-state index >= 15 is 0 Å². The Morgan fingerprint density at radius 1 is 1.15 bits per heavy atom. The van der Waals surface area contributed by atoms with Gasteiger partial charge in [0.25, 0.3) is 0 Å². The molecular formula is C25H32N2O5S. The molecule has 1 aliphatic carbocycles. The molecular weight excluding hydrogens is 440 g/mol. The van der Waals surface area contributed by atoms with E-state index in [4.69, 9.17) is 9.15 Å². The fourth-order valence-corrected chi connectivity index (χ4v) is 5.92. The molecule has 0 radical (unpaired) electrons.